The molecule has 112 valence electrons. The molecule has 5 nitrogen and oxygen atoms in total. The molecular weight excluding hydrogens is 322 g/mol. The van der Waals surface area contributed by atoms with Gasteiger partial charge in [0.05, 0.1) is 17.3 Å². The average Bonchev–Trinajstić information content (AvgIpc) is 2.36. The largest absolute Gasteiger partial charge is 0.384 e. The number of halogens is 1. The third-order valence-electron chi connectivity index (χ3n) is 3.73. The van der Waals surface area contributed by atoms with Crippen LogP contribution in [0.25, 0.3) is 0 Å². The first kappa shape index (κ1) is 15.5. The lowest BCUT2D eigenvalue weighted by Gasteiger charge is -2.25. The maximum absolute atomic E-state index is 12.4. The third-order valence-corrected chi connectivity index (χ3v) is 4.33. The molecule has 1 atom stereocenters. The van der Waals surface area contributed by atoms with Gasteiger partial charge in [-0.15, -0.1) is 0 Å². The van der Waals surface area contributed by atoms with E-state index in [4.69, 9.17) is 4.74 Å². The van der Waals surface area contributed by atoms with Gasteiger partial charge in [-0.1, -0.05) is 13.3 Å². The summed E-state index contributed by atoms with van der Waals surface area (Å²) in [6.07, 6.45) is 5.38. The van der Waals surface area contributed by atoms with Gasteiger partial charge in [0.2, 0.25) is 0 Å². The van der Waals surface area contributed by atoms with E-state index in [2.05, 4.69) is 33.3 Å². The summed E-state index contributed by atoms with van der Waals surface area (Å²) < 4.78 is 7.40. The van der Waals surface area contributed by atoms with Crippen LogP contribution in [0.3, 0.4) is 0 Å². The van der Waals surface area contributed by atoms with Crippen LogP contribution in [-0.4, -0.2) is 30.0 Å². The van der Waals surface area contributed by atoms with Crippen LogP contribution in [0.2, 0.25) is 0 Å². The van der Waals surface area contributed by atoms with Gasteiger partial charge in [-0.2, -0.15) is 5.10 Å². The summed E-state index contributed by atoms with van der Waals surface area (Å²) >= 11 is 3.40. The minimum Gasteiger partial charge on any atom is -0.384 e. The van der Waals surface area contributed by atoms with Crippen molar-refractivity contribution in [1.82, 2.24) is 9.78 Å². The van der Waals surface area contributed by atoms with Crippen molar-refractivity contribution in [2.45, 2.75) is 32.7 Å². The maximum Gasteiger partial charge on any atom is 0.291 e. The highest BCUT2D eigenvalue weighted by Gasteiger charge is 2.20. The lowest BCUT2D eigenvalue weighted by atomic mass is 9.85. The normalized spacial score (nSPS) is 16.8. The van der Waals surface area contributed by atoms with Gasteiger partial charge in [0.1, 0.15) is 5.69 Å². The fourth-order valence-electron chi connectivity index (χ4n) is 2.30. The van der Waals surface area contributed by atoms with E-state index in [0.29, 0.717) is 30.7 Å². The molecule has 2 rings (SSSR count). The van der Waals surface area contributed by atoms with Crippen LogP contribution >= 0.6 is 15.9 Å². The van der Waals surface area contributed by atoms with Crippen molar-refractivity contribution in [3.05, 3.63) is 21.0 Å². The van der Waals surface area contributed by atoms with Gasteiger partial charge < -0.3 is 10.1 Å². The van der Waals surface area contributed by atoms with Gasteiger partial charge in [0, 0.05) is 20.2 Å². The monoisotopic (exact) mass is 343 g/mol. The molecule has 1 N–H and O–H groups in total. The predicted octanol–water partition coefficient (Wildman–Crippen LogP) is 2.50. The number of nitrogens with one attached hydrogen (secondary N) is 1. The van der Waals surface area contributed by atoms with Crippen molar-refractivity contribution in [3.63, 3.8) is 0 Å². The highest BCUT2D eigenvalue weighted by Crippen LogP contribution is 2.27. The molecule has 0 amide bonds. The van der Waals surface area contributed by atoms with Crippen LogP contribution in [0.5, 0.6) is 0 Å². The van der Waals surface area contributed by atoms with Crippen LogP contribution in [-0.2, 0) is 11.3 Å². The number of hydrogen-bond acceptors (Lipinski definition) is 4. The molecule has 1 aliphatic carbocycles. The quantitative estimate of drug-likeness (QED) is 0.826. The van der Waals surface area contributed by atoms with Crippen molar-refractivity contribution < 1.29 is 4.74 Å². The Balaban J connectivity index is 2.06. The standard InChI is InChI=1S/C14H22BrN3O2/c1-10(9-20-2)6-16-13-12(15)7-17-18(14(13)19)8-11-4-3-5-11/h7,10-11,16H,3-6,8-9H2,1-2H3. The first-order valence-electron chi connectivity index (χ1n) is 7.10. The molecule has 0 radical (unpaired) electrons. The Kier molecular flexibility index (Phi) is 5.60. The van der Waals surface area contributed by atoms with Crippen LogP contribution in [0.15, 0.2) is 15.5 Å². The SMILES string of the molecule is COCC(C)CNc1c(Br)cnn(CC2CCC2)c1=O. The van der Waals surface area contributed by atoms with E-state index in [-0.39, 0.29) is 5.56 Å². The van der Waals surface area contributed by atoms with Gasteiger partial charge in [0.15, 0.2) is 0 Å². The molecule has 0 aromatic carbocycles. The van der Waals surface area contributed by atoms with Crippen molar-refractivity contribution in [2.75, 3.05) is 25.6 Å². The number of methoxy groups -OCH3 is 1. The number of aromatic nitrogens is 2. The first-order chi connectivity index (χ1) is 9.61. The van der Waals surface area contributed by atoms with E-state index in [1.807, 2.05) is 0 Å². The molecular formula is C14H22BrN3O2. The third kappa shape index (κ3) is 3.82. The Morgan fingerprint density at radius 3 is 2.95 bits per heavy atom. The van der Waals surface area contributed by atoms with E-state index >= 15 is 0 Å². The van der Waals surface area contributed by atoms with Crippen molar-refractivity contribution in [3.8, 4) is 0 Å². The molecule has 1 unspecified atom stereocenters. The van der Waals surface area contributed by atoms with Crippen molar-refractivity contribution >= 4 is 21.6 Å². The summed E-state index contributed by atoms with van der Waals surface area (Å²) in [5.41, 5.74) is 0.554. The zero-order valence-corrected chi connectivity index (χ0v) is 13.6. The average molecular weight is 344 g/mol. The van der Waals surface area contributed by atoms with Crippen molar-refractivity contribution in [2.24, 2.45) is 11.8 Å². The van der Waals surface area contributed by atoms with Crippen molar-refractivity contribution in [1.29, 1.82) is 0 Å². The lowest BCUT2D eigenvalue weighted by molar-refractivity contribution is 0.164. The molecule has 1 heterocycles. The minimum absolute atomic E-state index is 0.0455. The molecule has 20 heavy (non-hydrogen) atoms. The van der Waals surface area contributed by atoms with Gasteiger partial charge in [0.25, 0.3) is 5.56 Å². The first-order valence-corrected chi connectivity index (χ1v) is 7.89. The fourth-order valence-corrected chi connectivity index (χ4v) is 2.70. The Bertz CT molecular complexity index is 500. The van der Waals surface area contributed by atoms with E-state index in [1.54, 1.807) is 18.0 Å². The van der Waals surface area contributed by atoms with E-state index < -0.39 is 0 Å². The lowest BCUT2D eigenvalue weighted by Crippen LogP contribution is -2.31. The predicted molar refractivity (Wildman–Crippen MR) is 83.1 cm³/mol. The molecule has 0 aliphatic heterocycles. The van der Waals surface area contributed by atoms with E-state index in [9.17, 15) is 4.79 Å². The molecule has 1 aromatic heterocycles. The summed E-state index contributed by atoms with van der Waals surface area (Å²) in [6.45, 7) is 4.19. The Morgan fingerprint density at radius 2 is 2.35 bits per heavy atom. The minimum atomic E-state index is -0.0455. The molecule has 1 fully saturated rings. The highest BCUT2D eigenvalue weighted by molar-refractivity contribution is 9.10. The molecule has 0 bridgehead atoms. The number of rotatable bonds is 7. The zero-order chi connectivity index (χ0) is 14.5. The fraction of sp³-hybridized carbons (Fsp3) is 0.714. The topological polar surface area (TPSA) is 56.1 Å². The van der Waals surface area contributed by atoms with Crippen LogP contribution < -0.4 is 10.9 Å². The van der Waals surface area contributed by atoms with E-state index in [1.165, 1.54) is 19.3 Å². The Morgan fingerprint density at radius 1 is 1.60 bits per heavy atom. The number of ether oxygens (including phenoxy) is 1. The molecule has 1 aromatic rings. The second-order valence-corrected chi connectivity index (χ2v) is 6.45. The molecule has 1 saturated carbocycles. The van der Waals surface area contributed by atoms with Crippen LogP contribution in [0, 0.1) is 11.8 Å². The molecule has 0 spiro atoms. The zero-order valence-electron chi connectivity index (χ0n) is 12.1. The van der Waals surface area contributed by atoms with Gasteiger partial charge in [-0.3, -0.25) is 4.79 Å². The number of anilines is 1. The summed E-state index contributed by atoms with van der Waals surface area (Å²) in [5.74, 6) is 0.959. The summed E-state index contributed by atoms with van der Waals surface area (Å²) in [6, 6.07) is 0. The summed E-state index contributed by atoms with van der Waals surface area (Å²) in [4.78, 5) is 12.4. The second kappa shape index (κ2) is 7.22. The Labute approximate surface area is 127 Å². The maximum atomic E-state index is 12.4. The number of hydrogen-bond donors (Lipinski definition) is 1. The highest BCUT2D eigenvalue weighted by atomic mass is 79.9. The van der Waals surface area contributed by atoms with Crippen LogP contribution in [0.4, 0.5) is 5.69 Å². The Hall–Kier alpha value is -0.880. The molecule has 0 saturated heterocycles. The number of nitrogens with zero attached hydrogens (tertiary/aromatic N) is 2. The van der Waals surface area contributed by atoms with Crippen LogP contribution in [0.1, 0.15) is 26.2 Å². The van der Waals surface area contributed by atoms with Gasteiger partial charge in [-0.05, 0) is 40.6 Å². The van der Waals surface area contributed by atoms with Gasteiger partial charge in [-0.25, -0.2) is 4.68 Å². The summed E-state index contributed by atoms with van der Waals surface area (Å²) in [5, 5.41) is 7.43. The smallest absolute Gasteiger partial charge is 0.291 e. The molecule has 1 aliphatic rings. The second-order valence-electron chi connectivity index (χ2n) is 5.59. The summed E-state index contributed by atoms with van der Waals surface area (Å²) in [7, 11) is 1.68. The van der Waals surface area contributed by atoms with Gasteiger partial charge >= 0.3 is 0 Å². The molecule has 6 heteroatoms. The van der Waals surface area contributed by atoms with E-state index in [0.717, 1.165) is 11.0 Å².